The second-order valence-electron chi connectivity index (χ2n) is 6.36. The lowest BCUT2D eigenvalue weighted by Crippen LogP contribution is -1.88. The van der Waals surface area contributed by atoms with E-state index >= 15 is 0 Å². The highest BCUT2D eigenvalue weighted by Crippen LogP contribution is 2.35. The second kappa shape index (κ2) is 8.89. The fraction of sp³-hybridized carbons (Fsp3) is 0.364. The van der Waals surface area contributed by atoms with E-state index in [0.29, 0.717) is 0 Å². The number of benzene rings is 2. The fourth-order valence-electron chi connectivity index (χ4n) is 2.99. The molecule has 24 heavy (non-hydrogen) atoms. The van der Waals surface area contributed by atoms with Gasteiger partial charge in [-0.1, -0.05) is 63.3 Å². The van der Waals surface area contributed by atoms with Crippen LogP contribution in [0.1, 0.15) is 51.0 Å². The van der Waals surface area contributed by atoms with Gasteiger partial charge in [-0.15, -0.1) is 11.3 Å². The van der Waals surface area contributed by atoms with Gasteiger partial charge in [-0.05, 0) is 42.7 Å². The van der Waals surface area contributed by atoms with E-state index in [1.54, 1.807) is 11.3 Å². The Kier molecular flexibility index (Phi) is 6.31. The third-order valence-corrected chi connectivity index (χ3v) is 5.36. The van der Waals surface area contributed by atoms with Crippen LogP contribution in [0, 0.1) is 0 Å². The average Bonchev–Trinajstić information content (AvgIpc) is 3.03. The maximum atomic E-state index is 6.07. The third kappa shape index (κ3) is 4.61. The highest BCUT2D eigenvalue weighted by molar-refractivity contribution is 7.17. The first-order valence-electron chi connectivity index (χ1n) is 9.10. The van der Waals surface area contributed by atoms with Crippen LogP contribution in [0.4, 0.5) is 0 Å². The summed E-state index contributed by atoms with van der Waals surface area (Å²) in [7, 11) is 0. The molecule has 1 nitrogen and oxygen atoms in total. The lowest BCUT2D eigenvalue weighted by atomic mass is 10.0. The standard InChI is InChI=1S/C22H26OS/c1-2-3-4-5-6-7-10-18-13-15-19(16-14-18)23-21-17-24-22-12-9-8-11-20(21)22/h8-9,11-17H,2-7,10H2,1H3. The molecule has 0 saturated carbocycles. The molecule has 0 aliphatic rings. The quantitative estimate of drug-likeness (QED) is 0.365. The summed E-state index contributed by atoms with van der Waals surface area (Å²) < 4.78 is 7.34. The molecule has 1 aromatic heterocycles. The summed E-state index contributed by atoms with van der Waals surface area (Å²) in [4.78, 5) is 0. The van der Waals surface area contributed by atoms with Crippen LogP contribution in [-0.2, 0) is 6.42 Å². The van der Waals surface area contributed by atoms with Gasteiger partial charge in [-0.25, -0.2) is 0 Å². The van der Waals surface area contributed by atoms with E-state index in [9.17, 15) is 0 Å². The lowest BCUT2D eigenvalue weighted by molar-refractivity contribution is 0.490. The first-order chi connectivity index (χ1) is 11.9. The zero-order valence-corrected chi connectivity index (χ0v) is 15.3. The highest BCUT2D eigenvalue weighted by Gasteiger charge is 2.05. The van der Waals surface area contributed by atoms with E-state index in [2.05, 4.69) is 60.8 Å². The minimum atomic E-state index is 0.922. The van der Waals surface area contributed by atoms with Crippen molar-refractivity contribution in [1.82, 2.24) is 0 Å². The molecule has 0 atom stereocenters. The van der Waals surface area contributed by atoms with Crippen molar-refractivity contribution in [2.24, 2.45) is 0 Å². The highest BCUT2D eigenvalue weighted by atomic mass is 32.1. The normalized spacial score (nSPS) is 11.0. The minimum Gasteiger partial charge on any atom is -0.456 e. The molecule has 0 aliphatic carbocycles. The van der Waals surface area contributed by atoms with Crippen LogP contribution in [0.5, 0.6) is 11.5 Å². The van der Waals surface area contributed by atoms with Gasteiger partial charge in [0.2, 0.25) is 0 Å². The Morgan fingerprint density at radius 3 is 2.42 bits per heavy atom. The van der Waals surface area contributed by atoms with Gasteiger partial charge in [0.1, 0.15) is 11.5 Å². The Morgan fingerprint density at radius 2 is 1.58 bits per heavy atom. The second-order valence-corrected chi connectivity index (χ2v) is 7.27. The van der Waals surface area contributed by atoms with Crippen LogP contribution in [-0.4, -0.2) is 0 Å². The molecule has 0 N–H and O–H groups in total. The number of rotatable bonds is 9. The van der Waals surface area contributed by atoms with E-state index in [1.807, 2.05) is 0 Å². The van der Waals surface area contributed by atoms with Crippen LogP contribution >= 0.6 is 11.3 Å². The Bertz CT molecular complexity index is 742. The molecule has 2 heteroatoms. The van der Waals surface area contributed by atoms with E-state index in [1.165, 1.54) is 60.6 Å². The van der Waals surface area contributed by atoms with Crippen molar-refractivity contribution in [3.63, 3.8) is 0 Å². The van der Waals surface area contributed by atoms with E-state index in [4.69, 9.17) is 4.74 Å². The molecule has 126 valence electrons. The van der Waals surface area contributed by atoms with Gasteiger partial charge in [-0.2, -0.15) is 0 Å². The maximum Gasteiger partial charge on any atom is 0.145 e. The topological polar surface area (TPSA) is 9.23 Å². The molecule has 0 aliphatic heterocycles. The molecule has 0 unspecified atom stereocenters. The molecule has 3 rings (SSSR count). The fourth-order valence-corrected chi connectivity index (χ4v) is 3.85. The Labute approximate surface area is 149 Å². The number of hydrogen-bond donors (Lipinski definition) is 0. The van der Waals surface area contributed by atoms with Crippen LogP contribution in [0.3, 0.4) is 0 Å². The minimum absolute atomic E-state index is 0.922. The van der Waals surface area contributed by atoms with Crippen LogP contribution in [0.2, 0.25) is 0 Å². The summed E-state index contributed by atoms with van der Waals surface area (Å²) in [6.45, 7) is 2.27. The molecule has 0 bridgehead atoms. The number of hydrogen-bond acceptors (Lipinski definition) is 2. The van der Waals surface area contributed by atoms with Crippen molar-refractivity contribution in [2.75, 3.05) is 0 Å². The van der Waals surface area contributed by atoms with E-state index in [-0.39, 0.29) is 0 Å². The predicted molar refractivity (Wildman–Crippen MR) is 105 cm³/mol. The van der Waals surface area contributed by atoms with Crippen molar-refractivity contribution in [3.8, 4) is 11.5 Å². The first-order valence-corrected chi connectivity index (χ1v) is 9.98. The Hall–Kier alpha value is -1.80. The summed E-state index contributed by atoms with van der Waals surface area (Å²) in [5.74, 6) is 1.88. The zero-order valence-electron chi connectivity index (χ0n) is 14.5. The van der Waals surface area contributed by atoms with Crippen molar-refractivity contribution < 1.29 is 4.74 Å². The van der Waals surface area contributed by atoms with E-state index < -0.39 is 0 Å². The molecule has 2 aromatic carbocycles. The molecule has 0 spiro atoms. The van der Waals surface area contributed by atoms with Crippen molar-refractivity contribution in [3.05, 3.63) is 59.5 Å². The average molecular weight is 339 g/mol. The number of ether oxygens (including phenoxy) is 1. The van der Waals surface area contributed by atoms with Crippen molar-refractivity contribution >= 4 is 21.4 Å². The molecule has 3 aromatic rings. The van der Waals surface area contributed by atoms with Gasteiger partial charge >= 0.3 is 0 Å². The first kappa shape index (κ1) is 17.0. The van der Waals surface area contributed by atoms with Crippen molar-refractivity contribution in [2.45, 2.75) is 51.9 Å². The van der Waals surface area contributed by atoms with Gasteiger partial charge in [-0.3, -0.25) is 0 Å². The summed E-state index contributed by atoms with van der Waals surface area (Å²) in [5, 5.41) is 3.29. The van der Waals surface area contributed by atoms with Gasteiger partial charge in [0.15, 0.2) is 0 Å². The Balaban J connectivity index is 1.51. The Morgan fingerprint density at radius 1 is 0.833 bits per heavy atom. The summed E-state index contributed by atoms with van der Waals surface area (Å²) in [6, 6.07) is 17.0. The third-order valence-electron chi connectivity index (χ3n) is 4.42. The van der Waals surface area contributed by atoms with Crippen LogP contribution < -0.4 is 4.74 Å². The monoisotopic (exact) mass is 338 g/mol. The number of aryl methyl sites for hydroxylation is 1. The SMILES string of the molecule is CCCCCCCCc1ccc(Oc2csc3ccccc23)cc1. The molecular formula is C22H26OS. The largest absolute Gasteiger partial charge is 0.456 e. The summed E-state index contributed by atoms with van der Waals surface area (Å²) in [6.07, 6.45) is 9.27. The van der Waals surface area contributed by atoms with Crippen LogP contribution in [0.25, 0.3) is 10.1 Å². The number of fused-ring (bicyclic) bond motifs is 1. The number of thiophene rings is 1. The lowest BCUT2D eigenvalue weighted by Gasteiger charge is -2.06. The zero-order chi connectivity index (χ0) is 16.6. The van der Waals surface area contributed by atoms with Gasteiger partial charge < -0.3 is 4.74 Å². The smallest absolute Gasteiger partial charge is 0.145 e. The summed E-state index contributed by atoms with van der Waals surface area (Å²) >= 11 is 1.73. The van der Waals surface area contributed by atoms with Crippen molar-refractivity contribution in [1.29, 1.82) is 0 Å². The van der Waals surface area contributed by atoms with Gasteiger partial charge in [0, 0.05) is 15.5 Å². The number of unbranched alkanes of at least 4 members (excludes halogenated alkanes) is 5. The van der Waals surface area contributed by atoms with Gasteiger partial charge in [0.25, 0.3) is 0 Å². The molecule has 0 saturated heterocycles. The molecule has 1 heterocycles. The molecule has 0 fully saturated rings. The van der Waals surface area contributed by atoms with E-state index in [0.717, 1.165) is 11.5 Å². The van der Waals surface area contributed by atoms with Gasteiger partial charge in [0.05, 0.1) is 0 Å². The molecule has 0 amide bonds. The summed E-state index contributed by atoms with van der Waals surface area (Å²) in [5.41, 5.74) is 1.41. The van der Waals surface area contributed by atoms with Crippen LogP contribution in [0.15, 0.2) is 53.9 Å². The predicted octanol–water partition coefficient (Wildman–Crippen LogP) is 7.60. The maximum absolute atomic E-state index is 6.07. The molecule has 0 radical (unpaired) electrons. The molecular weight excluding hydrogens is 312 g/mol.